The number of nitrogens with zero attached hydrogens (tertiary/aromatic N) is 1. The van der Waals surface area contributed by atoms with Crippen molar-refractivity contribution < 1.29 is 33.1 Å². The summed E-state index contributed by atoms with van der Waals surface area (Å²) in [6.07, 6.45) is -3.22. The number of carbonyl (C=O) groups excluding carboxylic acids is 1. The van der Waals surface area contributed by atoms with Crippen LogP contribution in [0, 0.1) is 5.92 Å². The van der Waals surface area contributed by atoms with Crippen molar-refractivity contribution in [1.82, 2.24) is 4.90 Å². The molecular formula is C19H27NO4. The molecule has 132 valence electrons. The third-order valence-corrected chi connectivity index (χ3v) is 4.33. The Morgan fingerprint density at radius 2 is 2.29 bits per heavy atom. The van der Waals surface area contributed by atoms with Crippen LogP contribution in [0.25, 0.3) is 0 Å². The van der Waals surface area contributed by atoms with Crippen LogP contribution >= 0.6 is 0 Å². The maximum absolute atomic E-state index is 13.2. The predicted octanol–water partition coefficient (Wildman–Crippen LogP) is 2.35. The predicted molar refractivity (Wildman–Crippen MR) is 91.6 cm³/mol. The van der Waals surface area contributed by atoms with Gasteiger partial charge in [0.2, 0.25) is 0 Å². The first kappa shape index (κ1) is 8.68. The summed E-state index contributed by atoms with van der Waals surface area (Å²) in [5.41, 5.74) is -1.87. The van der Waals surface area contributed by atoms with E-state index in [2.05, 4.69) is 0 Å². The lowest BCUT2D eigenvalue weighted by atomic mass is 9.79. The first-order valence-electron chi connectivity index (χ1n) is 12.7. The normalized spacial score (nSPS) is 36.2. The second kappa shape index (κ2) is 6.37. The minimum Gasteiger partial charge on any atom is -0.493 e. The molecule has 0 aliphatic carbocycles. The average molecular weight is 343 g/mol. The highest BCUT2D eigenvalue weighted by Crippen LogP contribution is 2.42. The third-order valence-electron chi connectivity index (χ3n) is 4.33. The van der Waals surface area contributed by atoms with Gasteiger partial charge in [0, 0.05) is 41.0 Å². The van der Waals surface area contributed by atoms with E-state index in [4.69, 9.17) is 23.2 Å². The Morgan fingerprint density at radius 3 is 3.00 bits per heavy atom. The Kier molecular flexibility index (Phi) is 2.30. The number of rotatable bonds is 4. The van der Waals surface area contributed by atoms with Crippen molar-refractivity contribution in [2.45, 2.75) is 44.6 Å². The van der Waals surface area contributed by atoms with Crippen LogP contribution in [-0.4, -0.2) is 48.6 Å². The third kappa shape index (κ3) is 3.28. The highest BCUT2D eigenvalue weighted by Gasteiger charge is 2.40. The molecule has 2 aliphatic heterocycles. The number of benzene rings is 1. The molecule has 5 nitrogen and oxygen atoms in total. The molecule has 0 saturated carbocycles. The van der Waals surface area contributed by atoms with Gasteiger partial charge in [0.05, 0.1) is 23.9 Å². The SMILES string of the molecule is [2H]C([2H])([2H])Oc1cc2c(cc1OC)CCN1[C@H]2CC(=O)[C@@H](C([2H])([2H])C(C)(O)C([2H])([2H])[2H])C1([2H])[2H]. The van der Waals surface area contributed by atoms with E-state index < -0.39 is 50.1 Å². The molecule has 1 aromatic rings. The minimum atomic E-state index is -3.21. The van der Waals surface area contributed by atoms with Crippen LogP contribution in [0.1, 0.15) is 57.4 Å². The Balaban J connectivity index is 2.08. The van der Waals surface area contributed by atoms with Crippen molar-refractivity contribution in [2.24, 2.45) is 5.92 Å². The van der Waals surface area contributed by atoms with Crippen LogP contribution in [0.2, 0.25) is 0 Å². The van der Waals surface area contributed by atoms with Crippen LogP contribution in [0.3, 0.4) is 0 Å². The standard InChI is InChI=1S/C19H27NO4/c1-19(2,22)10-13-11-20-6-5-12-7-17(23-3)18(24-4)8-14(12)15(20)9-16(13)21/h7-8,13,15,22H,5-6,9-11H2,1-4H3/t13-,15-/m0/s1/i1D3,4D3,10D2,11D2/t13-,15-,19?. The molecule has 24 heavy (non-hydrogen) atoms. The first-order valence-corrected chi connectivity index (χ1v) is 7.67. The smallest absolute Gasteiger partial charge is 0.161 e. The summed E-state index contributed by atoms with van der Waals surface area (Å²) in [6, 6.07) is 2.08. The van der Waals surface area contributed by atoms with Gasteiger partial charge in [0.1, 0.15) is 5.78 Å². The summed E-state index contributed by atoms with van der Waals surface area (Å²) in [4.78, 5) is 14.4. The highest BCUT2D eigenvalue weighted by molar-refractivity contribution is 5.83. The second-order valence-corrected chi connectivity index (χ2v) is 6.21. The minimum absolute atomic E-state index is 0.0725. The molecule has 0 spiro atoms. The summed E-state index contributed by atoms with van der Waals surface area (Å²) < 4.78 is 89.1. The molecule has 1 unspecified atom stereocenters. The molecule has 1 saturated heterocycles. The summed E-state index contributed by atoms with van der Waals surface area (Å²) in [5.74, 6) is -2.91. The number of hydrogen-bond donors (Lipinski definition) is 1. The fourth-order valence-corrected chi connectivity index (χ4v) is 3.26. The van der Waals surface area contributed by atoms with Gasteiger partial charge >= 0.3 is 0 Å². The van der Waals surface area contributed by atoms with Gasteiger partial charge in [-0.15, -0.1) is 0 Å². The number of piperidine rings is 1. The largest absolute Gasteiger partial charge is 0.493 e. The molecule has 0 amide bonds. The van der Waals surface area contributed by atoms with E-state index in [1.54, 1.807) is 6.07 Å². The molecule has 0 aromatic heterocycles. The number of carbonyl (C=O) groups is 1. The maximum atomic E-state index is 13.2. The molecule has 0 bridgehead atoms. The van der Waals surface area contributed by atoms with Gasteiger partial charge in [-0.25, -0.2) is 0 Å². The number of ether oxygens (including phenoxy) is 2. The lowest BCUT2D eigenvalue weighted by molar-refractivity contribution is -0.131. The Morgan fingerprint density at radius 1 is 1.50 bits per heavy atom. The van der Waals surface area contributed by atoms with E-state index in [-0.39, 0.29) is 30.9 Å². The summed E-state index contributed by atoms with van der Waals surface area (Å²) in [5, 5.41) is 10.6. The number of methoxy groups -OCH3 is 2. The van der Waals surface area contributed by atoms with E-state index in [1.807, 2.05) is 0 Å². The zero-order valence-electron chi connectivity index (χ0n) is 23.5. The summed E-state index contributed by atoms with van der Waals surface area (Å²) in [7, 11) is -1.44. The van der Waals surface area contributed by atoms with Gasteiger partial charge in [-0.05, 0) is 49.8 Å². The van der Waals surface area contributed by atoms with Gasteiger partial charge in [0.15, 0.2) is 11.5 Å². The van der Waals surface area contributed by atoms with Gasteiger partial charge in [-0.3, -0.25) is 9.69 Å². The van der Waals surface area contributed by atoms with Crippen molar-refractivity contribution in [2.75, 3.05) is 27.2 Å². The lowest BCUT2D eigenvalue weighted by Gasteiger charge is -2.44. The van der Waals surface area contributed by atoms with Crippen molar-refractivity contribution >= 4 is 5.78 Å². The van der Waals surface area contributed by atoms with Crippen molar-refractivity contribution in [3.8, 4) is 11.5 Å². The molecule has 1 fully saturated rings. The fourth-order valence-electron chi connectivity index (χ4n) is 3.26. The molecule has 3 rings (SSSR count). The van der Waals surface area contributed by atoms with Crippen LogP contribution in [-0.2, 0) is 11.2 Å². The number of aliphatic hydroxyl groups is 1. The fraction of sp³-hybridized carbons (Fsp3) is 0.632. The van der Waals surface area contributed by atoms with E-state index in [0.29, 0.717) is 11.1 Å². The molecular weight excluding hydrogens is 306 g/mol. The number of fused-ring (bicyclic) bond motifs is 3. The van der Waals surface area contributed by atoms with Crippen molar-refractivity contribution in [1.29, 1.82) is 0 Å². The molecule has 1 aromatic carbocycles. The Hall–Kier alpha value is -1.59. The lowest BCUT2D eigenvalue weighted by Crippen LogP contribution is -2.47. The van der Waals surface area contributed by atoms with Crippen LogP contribution in [0.4, 0.5) is 0 Å². The maximum Gasteiger partial charge on any atom is 0.161 e. The first-order chi connectivity index (χ1) is 15.3. The zero-order chi connectivity index (χ0) is 26.1. The van der Waals surface area contributed by atoms with Gasteiger partial charge in [-0.2, -0.15) is 0 Å². The zero-order valence-corrected chi connectivity index (χ0v) is 13.5. The van der Waals surface area contributed by atoms with Crippen LogP contribution in [0.15, 0.2) is 12.1 Å². The van der Waals surface area contributed by atoms with E-state index in [9.17, 15) is 9.90 Å². The summed E-state index contributed by atoms with van der Waals surface area (Å²) in [6.45, 7) is -5.05. The number of Topliss-reactive ketones (excluding diaryl/α,β-unsaturated/α-hetero) is 1. The van der Waals surface area contributed by atoms with Crippen molar-refractivity contribution in [3.63, 3.8) is 0 Å². The van der Waals surface area contributed by atoms with Crippen LogP contribution in [0.5, 0.6) is 11.5 Å². The molecule has 1 N–H and O–H groups in total. The molecule has 2 heterocycles. The van der Waals surface area contributed by atoms with Gasteiger partial charge < -0.3 is 14.6 Å². The highest BCUT2D eigenvalue weighted by atomic mass is 16.5. The Labute approximate surface area is 157 Å². The van der Waals surface area contributed by atoms with E-state index >= 15 is 0 Å². The quantitative estimate of drug-likeness (QED) is 0.909. The Bertz CT molecular complexity index is 973. The molecule has 3 atom stereocenters. The number of hydrogen-bond acceptors (Lipinski definition) is 5. The topological polar surface area (TPSA) is 59.0 Å². The average Bonchev–Trinajstić information content (AvgIpc) is 2.64. The monoisotopic (exact) mass is 343 g/mol. The molecule has 2 aliphatic rings. The molecule has 0 radical (unpaired) electrons. The van der Waals surface area contributed by atoms with Crippen molar-refractivity contribution in [3.05, 3.63) is 23.3 Å². The van der Waals surface area contributed by atoms with Gasteiger partial charge in [-0.1, -0.05) is 0 Å². The number of ketones is 1. The summed E-state index contributed by atoms with van der Waals surface area (Å²) >= 11 is 0. The van der Waals surface area contributed by atoms with E-state index in [0.717, 1.165) is 6.92 Å². The van der Waals surface area contributed by atoms with Crippen LogP contribution < -0.4 is 9.47 Å². The van der Waals surface area contributed by atoms with E-state index in [1.165, 1.54) is 18.1 Å². The van der Waals surface area contributed by atoms with Gasteiger partial charge in [0.25, 0.3) is 0 Å². The molecule has 5 heteroatoms. The second-order valence-electron chi connectivity index (χ2n) is 6.21.